The molecule has 3 aromatic heterocycles. The highest BCUT2D eigenvalue weighted by atomic mass is 19.1. The van der Waals surface area contributed by atoms with Crippen molar-refractivity contribution in [2.45, 2.75) is 13.8 Å². The number of amides is 1. The number of pyridine rings is 1. The van der Waals surface area contributed by atoms with Gasteiger partial charge in [0.05, 0.1) is 11.9 Å². The molecule has 5 rings (SSSR count). The van der Waals surface area contributed by atoms with Crippen molar-refractivity contribution in [1.82, 2.24) is 19.6 Å². The molecule has 0 radical (unpaired) electrons. The van der Waals surface area contributed by atoms with Gasteiger partial charge in [0.15, 0.2) is 17.2 Å². The lowest BCUT2D eigenvalue weighted by molar-refractivity contribution is 0.102. The van der Waals surface area contributed by atoms with Crippen LogP contribution in [0.1, 0.15) is 21.7 Å². The van der Waals surface area contributed by atoms with Crippen LogP contribution in [0, 0.1) is 25.5 Å². The van der Waals surface area contributed by atoms with Crippen LogP contribution in [0.25, 0.3) is 16.9 Å². The van der Waals surface area contributed by atoms with E-state index in [1.165, 1.54) is 34.8 Å². The zero-order valence-electron chi connectivity index (χ0n) is 18.8. The number of rotatable bonds is 5. The van der Waals surface area contributed by atoms with E-state index in [0.717, 1.165) is 11.3 Å². The molecule has 0 atom stereocenters. The summed E-state index contributed by atoms with van der Waals surface area (Å²) in [5.74, 6) is -1.20. The first-order chi connectivity index (χ1) is 16.9. The fourth-order valence-corrected chi connectivity index (χ4v) is 3.53. The molecule has 0 aliphatic rings. The van der Waals surface area contributed by atoms with Crippen LogP contribution in [0.2, 0.25) is 0 Å². The molecule has 2 aromatic carbocycles. The second-order valence-electron chi connectivity index (χ2n) is 7.84. The van der Waals surface area contributed by atoms with Gasteiger partial charge in [-0.05, 0) is 62.4 Å². The molecule has 0 spiro atoms. The Morgan fingerprint density at radius 1 is 0.971 bits per heavy atom. The molecule has 0 saturated heterocycles. The maximum absolute atomic E-state index is 14.9. The third-order valence-corrected chi connectivity index (χ3v) is 5.48. The molecular formula is C26H19F2N5O2. The number of anilines is 1. The summed E-state index contributed by atoms with van der Waals surface area (Å²) in [7, 11) is 0. The van der Waals surface area contributed by atoms with E-state index in [0.29, 0.717) is 22.8 Å². The van der Waals surface area contributed by atoms with Crippen molar-refractivity contribution in [3.8, 4) is 22.9 Å². The Hall–Kier alpha value is -4.66. The van der Waals surface area contributed by atoms with Crippen LogP contribution in [0.5, 0.6) is 11.6 Å². The molecule has 0 unspecified atom stereocenters. The number of nitrogens with one attached hydrogen (secondary N) is 1. The van der Waals surface area contributed by atoms with Crippen LogP contribution in [-0.4, -0.2) is 25.5 Å². The molecule has 5 aromatic rings. The third kappa shape index (κ3) is 4.43. The van der Waals surface area contributed by atoms with E-state index in [9.17, 15) is 13.6 Å². The summed E-state index contributed by atoms with van der Waals surface area (Å²) in [6.45, 7) is 3.65. The number of nitrogens with zero attached hydrogens (tertiary/aromatic N) is 4. The number of carbonyl (C=O) groups excluding carboxylic acids is 1. The van der Waals surface area contributed by atoms with Gasteiger partial charge in [-0.25, -0.2) is 18.7 Å². The maximum atomic E-state index is 14.9. The van der Waals surface area contributed by atoms with Crippen LogP contribution in [0.15, 0.2) is 72.9 Å². The van der Waals surface area contributed by atoms with Crippen molar-refractivity contribution < 1.29 is 18.3 Å². The first kappa shape index (κ1) is 22.1. The highest BCUT2D eigenvalue weighted by molar-refractivity contribution is 6.03. The van der Waals surface area contributed by atoms with E-state index in [-0.39, 0.29) is 22.9 Å². The third-order valence-electron chi connectivity index (χ3n) is 5.48. The van der Waals surface area contributed by atoms with Crippen LogP contribution < -0.4 is 10.1 Å². The van der Waals surface area contributed by atoms with Gasteiger partial charge in [0.1, 0.15) is 11.5 Å². The molecule has 0 fully saturated rings. The summed E-state index contributed by atoms with van der Waals surface area (Å²) in [5.41, 5.74) is 3.61. The Kier molecular flexibility index (Phi) is 5.66. The molecule has 0 bridgehead atoms. The van der Waals surface area contributed by atoms with E-state index in [2.05, 4.69) is 20.4 Å². The van der Waals surface area contributed by atoms with E-state index in [1.54, 1.807) is 42.6 Å². The zero-order chi connectivity index (χ0) is 24.5. The molecule has 0 aliphatic heterocycles. The second kappa shape index (κ2) is 8.94. The first-order valence-electron chi connectivity index (χ1n) is 10.7. The Balaban J connectivity index is 1.36. The normalized spacial score (nSPS) is 11.0. The van der Waals surface area contributed by atoms with Crippen molar-refractivity contribution in [3.05, 3.63) is 102 Å². The van der Waals surface area contributed by atoms with Gasteiger partial charge in [-0.15, -0.1) is 0 Å². The summed E-state index contributed by atoms with van der Waals surface area (Å²) in [4.78, 5) is 21.5. The Bertz CT molecular complexity index is 1560. The van der Waals surface area contributed by atoms with E-state index in [1.807, 2.05) is 13.8 Å². The molecule has 174 valence electrons. The monoisotopic (exact) mass is 471 g/mol. The number of benzene rings is 2. The number of aryl methyl sites for hydroxylation is 1. The molecule has 35 heavy (non-hydrogen) atoms. The minimum absolute atomic E-state index is 0.0232. The summed E-state index contributed by atoms with van der Waals surface area (Å²) in [6.07, 6.45) is 1.59. The molecule has 1 N–H and O–H groups in total. The SMILES string of the molecule is Cc1nc2ccnn2c(Oc2ccc(NC(=O)c3cccc(-c4ccc(F)cc4)n3)cc2F)c1C. The van der Waals surface area contributed by atoms with Crippen molar-refractivity contribution in [2.24, 2.45) is 0 Å². The Morgan fingerprint density at radius 3 is 2.54 bits per heavy atom. The predicted molar refractivity (Wildman–Crippen MR) is 127 cm³/mol. The fourth-order valence-electron chi connectivity index (χ4n) is 3.53. The molecule has 7 nitrogen and oxygen atoms in total. The molecule has 9 heteroatoms. The number of hydrogen-bond donors (Lipinski definition) is 1. The number of halogens is 2. The van der Waals surface area contributed by atoms with Gasteiger partial charge < -0.3 is 10.1 Å². The van der Waals surface area contributed by atoms with Crippen molar-refractivity contribution in [1.29, 1.82) is 0 Å². The predicted octanol–water partition coefficient (Wildman–Crippen LogP) is 5.73. The number of fused-ring (bicyclic) bond motifs is 1. The number of ether oxygens (including phenoxy) is 1. The van der Waals surface area contributed by atoms with Crippen molar-refractivity contribution in [2.75, 3.05) is 5.32 Å². The van der Waals surface area contributed by atoms with Gasteiger partial charge in [0.25, 0.3) is 5.91 Å². The summed E-state index contributed by atoms with van der Waals surface area (Å²) < 4.78 is 35.4. The molecule has 3 heterocycles. The van der Waals surface area contributed by atoms with Gasteiger partial charge in [0.2, 0.25) is 5.88 Å². The van der Waals surface area contributed by atoms with Gasteiger partial charge in [0, 0.05) is 34.6 Å². The lowest BCUT2D eigenvalue weighted by Crippen LogP contribution is -2.14. The van der Waals surface area contributed by atoms with E-state index >= 15 is 0 Å². The van der Waals surface area contributed by atoms with Gasteiger partial charge in [-0.3, -0.25) is 4.79 Å². The number of carbonyl (C=O) groups is 1. The summed E-state index contributed by atoms with van der Waals surface area (Å²) in [6, 6.07) is 16.6. The maximum Gasteiger partial charge on any atom is 0.274 e. The molecule has 0 aliphatic carbocycles. The topological polar surface area (TPSA) is 81.4 Å². The van der Waals surface area contributed by atoms with Gasteiger partial charge in [-0.2, -0.15) is 9.61 Å². The largest absolute Gasteiger partial charge is 0.435 e. The molecule has 1 amide bonds. The summed E-state index contributed by atoms with van der Waals surface area (Å²) in [5, 5.41) is 6.83. The Labute approximate surface area is 199 Å². The molecular weight excluding hydrogens is 452 g/mol. The lowest BCUT2D eigenvalue weighted by Gasteiger charge is -2.13. The quantitative estimate of drug-likeness (QED) is 0.354. The fraction of sp³-hybridized carbons (Fsp3) is 0.0769. The van der Waals surface area contributed by atoms with E-state index in [4.69, 9.17) is 4.74 Å². The van der Waals surface area contributed by atoms with Crippen LogP contribution in [0.4, 0.5) is 14.5 Å². The molecule has 0 saturated carbocycles. The first-order valence-corrected chi connectivity index (χ1v) is 10.7. The van der Waals surface area contributed by atoms with Crippen LogP contribution in [0.3, 0.4) is 0 Å². The van der Waals surface area contributed by atoms with Crippen molar-refractivity contribution >= 4 is 17.2 Å². The number of hydrogen-bond acceptors (Lipinski definition) is 5. The van der Waals surface area contributed by atoms with Crippen LogP contribution >= 0.6 is 0 Å². The van der Waals surface area contributed by atoms with Gasteiger partial charge >= 0.3 is 0 Å². The van der Waals surface area contributed by atoms with E-state index < -0.39 is 11.7 Å². The highest BCUT2D eigenvalue weighted by Gasteiger charge is 2.16. The van der Waals surface area contributed by atoms with Crippen LogP contribution in [-0.2, 0) is 0 Å². The average Bonchev–Trinajstić information content (AvgIpc) is 3.32. The number of aromatic nitrogens is 4. The minimum Gasteiger partial charge on any atom is -0.435 e. The average molecular weight is 471 g/mol. The summed E-state index contributed by atoms with van der Waals surface area (Å²) >= 11 is 0. The smallest absolute Gasteiger partial charge is 0.274 e. The highest BCUT2D eigenvalue weighted by Crippen LogP contribution is 2.30. The van der Waals surface area contributed by atoms with Gasteiger partial charge in [-0.1, -0.05) is 6.07 Å². The zero-order valence-corrected chi connectivity index (χ0v) is 18.8. The lowest BCUT2D eigenvalue weighted by atomic mass is 10.1. The van der Waals surface area contributed by atoms with Crippen molar-refractivity contribution in [3.63, 3.8) is 0 Å². The Morgan fingerprint density at radius 2 is 1.77 bits per heavy atom. The minimum atomic E-state index is -0.662. The second-order valence-corrected chi connectivity index (χ2v) is 7.84. The standard InChI is InChI=1S/C26H19F2N5O2/c1-15-16(2)30-24-12-13-29-33(24)26(15)35-23-11-10-19(14-20(23)28)31-25(34)22-5-3-4-21(32-22)17-6-8-18(27)9-7-17/h3-14H,1-2H3,(H,31,34).